The van der Waals surface area contributed by atoms with Gasteiger partial charge in [-0.1, -0.05) is 50.8 Å². The van der Waals surface area contributed by atoms with E-state index in [0.29, 0.717) is 0 Å². The third-order valence-corrected chi connectivity index (χ3v) is 2.49. The Balaban J connectivity index is 3.01. The van der Waals surface area contributed by atoms with Crippen molar-refractivity contribution in [3.63, 3.8) is 0 Å². The number of unbranched alkanes of at least 4 members (excludes halogenated alkanes) is 7. The number of hydrogen-bond donors (Lipinski definition) is 1. The summed E-state index contributed by atoms with van der Waals surface area (Å²) in [6, 6.07) is 0. The van der Waals surface area contributed by atoms with Gasteiger partial charge in [-0.25, -0.2) is 0 Å². The maximum atomic E-state index is 8.42. The maximum absolute atomic E-state index is 8.42. The molecule has 0 aliphatic rings. The van der Waals surface area contributed by atoms with Crippen molar-refractivity contribution in [1.29, 1.82) is 0 Å². The fourth-order valence-electron chi connectivity index (χ4n) is 1.51. The Hall–Kier alpha value is -0.720. The second-order valence-electron chi connectivity index (χ2n) is 3.99. The third-order valence-electron chi connectivity index (χ3n) is 2.49. The van der Waals surface area contributed by atoms with Gasteiger partial charge in [0.15, 0.2) is 0 Å². The number of hydrogen-bond acceptors (Lipinski definition) is 1. The zero-order valence-corrected chi connectivity index (χ0v) is 10.1. The highest BCUT2D eigenvalue weighted by Gasteiger charge is 1.87. The highest BCUT2D eigenvalue weighted by Crippen LogP contribution is 2.06. The van der Waals surface area contributed by atoms with Gasteiger partial charge in [0.25, 0.3) is 0 Å². The summed E-state index contributed by atoms with van der Waals surface area (Å²) < 4.78 is 0. The lowest BCUT2D eigenvalue weighted by Crippen LogP contribution is -1.77. The summed E-state index contributed by atoms with van der Waals surface area (Å²) in [4.78, 5) is 0. The van der Waals surface area contributed by atoms with Crippen LogP contribution in [0.2, 0.25) is 0 Å². The molecule has 0 saturated heterocycles. The van der Waals surface area contributed by atoms with Gasteiger partial charge in [0.05, 0.1) is 6.26 Å². The first-order valence-electron chi connectivity index (χ1n) is 6.36. The monoisotopic (exact) mass is 210 g/mol. The molecule has 0 aliphatic heterocycles. The van der Waals surface area contributed by atoms with Crippen molar-refractivity contribution in [2.75, 3.05) is 0 Å². The van der Waals surface area contributed by atoms with E-state index in [2.05, 4.69) is 19.1 Å². The average Bonchev–Trinajstić information content (AvgIpc) is 2.26. The van der Waals surface area contributed by atoms with E-state index in [1.54, 1.807) is 0 Å². The van der Waals surface area contributed by atoms with Crippen LogP contribution in [0.15, 0.2) is 24.5 Å². The molecule has 0 radical (unpaired) electrons. The molecule has 1 N–H and O–H groups in total. The number of aliphatic hydroxyl groups is 1. The van der Waals surface area contributed by atoms with Gasteiger partial charge in [0.1, 0.15) is 0 Å². The molecule has 0 bridgehead atoms. The topological polar surface area (TPSA) is 20.2 Å². The van der Waals surface area contributed by atoms with Gasteiger partial charge >= 0.3 is 0 Å². The Kier molecular flexibility index (Phi) is 12.6. The van der Waals surface area contributed by atoms with Crippen LogP contribution in [0.25, 0.3) is 0 Å². The van der Waals surface area contributed by atoms with Crippen LogP contribution in [-0.4, -0.2) is 5.11 Å². The van der Waals surface area contributed by atoms with Crippen LogP contribution in [0, 0.1) is 0 Å². The molecular weight excluding hydrogens is 184 g/mol. The molecule has 0 aromatic carbocycles. The van der Waals surface area contributed by atoms with Crippen molar-refractivity contribution in [3.05, 3.63) is 24.5 Å². The summed E-state index contributed by atoms with van der Waals surface area (Å²) in [5.41, 5.74) is 0. The molecule has 0 aromatic heterocycles. The molecule has 0 unspecified atom stereocenters. The normalized spacial score (nSPS) is 11.8. The van der Waals surface area contributed by atoms with Gasteiger partial charge < -0.3 is 5.11 Å². The molecule has 0 amide bonds. The number of allylic oxidation sites excluding steroid dienone is 3. The molecule has 0 heterocycles. The largest absolute Gasteiger partial charge is 0.516 e. The summed E-state index contributed by atoms with van der Waals surface area (Å²) in [5, 5.41) is 8.42. The second-order valence-corrected chi connectivity index (χ2v) is 3.99. The van der Waals surface area contributed by atoms with Crippen LogP contribution < -0.4 is 0 Å². The minimum Gasteiger partial charge on any atom is -0.516 e. The van der Waals surface area contributed by atoms with Crippen molar-refractivity contribution in [1.82, 2.24) is 0 Å². The molecule has 0 aliphatic carbocycles. The van der Waals surface area contributed by atoms with E-state index in [-0.39, 0.29) is 0 Å². The minimum absolute atomic E-state index is 1.02. The smallest absolute Gasteiger partial charge is 0.0751 e. The molecule has 1 nitrogen and oxygen atoms in total. The lowest BCUT2D eigenvalue weighted by Gasteiger charge is -1.96. The van der Waals surface area contributed by atoms with Crippen molar-refractivity contribution >= 4 is 0 Å². The lowest BCUT2D eigenvalue weighted by atomic mass is 10.1. The average molecular weight is 210 g/mol. The van der Waals surface area contributed by atoms with Gasteiger partial charge in [-0.05, 0) is 32.1 Å². The van der Waals surface area contributed by atoms with Crippen LogP contribution in [0.4, 0.5) is 0 Å². The zero-order valence-electron chi connectivity index (χ0n) is 10.1. The van der Waals surface area contributed by atoms with Gasteiger partial charge in [0, 0.05) is 0 Å². The third kappa shape index (κ3) is 13.3. The lowest BCUT2D eigenvalue weighted by molar-refractivity contribution is 0.469. The Morgan fingerprint density at radius 2 is 1.27 bits per heavy atom. The number of rotatable bonds is 10. The van der Waals surface area contributed by atoms with Crippen LogP contribution in [0.5, 0.6) is 0 Å². The molecule has 0 rings (SSSR count). The van der Waals surface area contributed by atoms with E-state index in [1.807, 2.05) is 6.08 Å². The van der Waals surface area contributed by atoms with Crippen molar-refractivity contribution < 1.29 is 5.11 Å². The standard InChI is InChI=1S/C14H26O/c1-2-3-4-5-6-7-8-9-10-11-12-13-14-15/h5-6,13-15H,2-4,7-12H2,1H3/b6-5-,14-13-. The summed E-state index contributed by atoms with van der Waals surface area (Å²) in [5.74, 6) is 0. The van der Waals surface area contributed by atoms with Crippen molar-refractivity contribution in [2.45, 2.75) is 64.7 Å². The minimum atomic E-state index is 1.02. The SMILES string of the molecule is CCCC/C=C\CCCCCC/C=C\O. The van der Waals surface area contributed by atoms with E-state index in [4.69, 9.17) is 5.11 Å². The summed E-state index contributed by atoms with van der Waals surface area (Å²) in [7, 11) is 0. The van der Waals surface area contributed by atoms with Crippen molar-refractivity contribution in [3.8, 4) is 0 Å². The van der Waals surface area contributed by atoms with Crippen molar-refractivity contribution in [2.24, 2.45) is 0 Å². The molecule has 0 aromatic rings. The van der Waals surface area contributed by atoms with E-state index >= 15 is 0 Å². The Bertz CT molecular complexity index is 159. The molecule has 1 heteroatoms. The predicted molar refractivity (Wildman–Crippen MR) is 68.1 cm³/mol. The molecule has 0 fully saturated rings. The van der Waals surface area contributed by atoms with Gasteiger partial charge in [0.2, 0.25) is 0 Å². The van der Waals surface area contributed by atoms with Gasteiger partial charge in [-0.3, -0.25) is 0 Å². The molecular formula is C14H26O. The zero-order chi connectivity index (χ0) is 11.2. The van der Waals surface area contributed by atoms with E-state index in [9.17, 15) is 0 Å². The first kappa shape index (κ1) is 14.3. The highest BCUT2D eigenvalue weighted by molar-refractivity contribution is 4.81. The Morgan fingerprint density at radius 3 is 1.80 bits per heavy atom. The Morgan fingerprint density at radius 1 is 0.733 bits per heavy atom. The van der Waals surface area contributed by atoms with Gasteiger partial charge in [-0.15, -0.1) is 0 Å². The molecule has 0 saturated carbocycles. The number of aliphatic hydroxyl groups excluding tert-OH is 1. The van der Waals surface area contributed by atoms with Crippen LogP contribution >= 0.6 is 0 Å². The Labute approximate surface area is 94.9 Å². The first-order valence-corrected chi connectivity index (χ1v) is 6.36. The molecule has 0 atom stereocenters. The first-order chi connectivity index (χ1) is 7.41. The maximum Gasteiger partial charge on any atom is 0.0751 e. The van der Waals surface area contributed by atoms with E-state index < -0.39 is 0 Å². The highest BCUT2D eigenvalue weighted by atomic mass is 16.2. The summed E-state index contributed by atoms with van der Waals surface area (Å²) >= 11 is 0. The summed E-state index contributed by atoms with van der Waals surface area (Å²) in [6.45, 7) is 2.23. The van der Waals surface area contributed by atoms with E-state index in [0.717, 1.165) is 12.7 Å². The fraction of sp³-hybridized carbons (Fsp3) is 0.714. The fourth-order valence-corrected chi connectivity index (χ4v) is 1.51. The van der Waals surface area contributed by atoms with E-state index in [1.165, 1.54) is 51.4 Å². The quantitative estimate of drug-likeness (QED) is 0.300. The second kappa shape index (κ2) is 13.3. The molecule has 0 spiro atoms. The van der Waals surface area contributed by atoms with Gasteiger partial charge in [-0.2, -0.15) is 0 Å². The van der Waals surface area contributed by atoms with Crippen LogP contribution in [-0.2, 0) is 0 Å². The molecule has 88 valence electrons. The van der Waals surface area contributed by atoms with Crippen LogP contribution in [0.3, 0.4) is 0 Å². The molecule has 15 heavy (non-hydrogen) atoms. The summed E-state index contributed by atoms with van der Waals surface area (Å²) in [6.07, 6.45) is 18.8. The predicted octanol–water partition coefficient (Wildman–Crippen LogP) is 5.15. The van der Waals surface area contributed by atoms with Crippen LogP contribution in [0.1, 0.15) is 64.7 Å².